The number of β-amino-alcohol motifs (C(OH)–C–C–N with tert-alkyl or cyclic N) is 1. The standard InChI is InChI=1S/C10H20N2O/c1-10(13)8-12(9-10)7-6-11-4-2-3-5-11/h13H,2-9H2,1H3. The van der Waals surface area contributed by atoms with Gasteiger partial charge in [0.1, 0.15) is 0 Å². The highest BCUT2D eigenvalue weighted by atomic mass is 16.3. The van der Waals surface area contributed by atoms with E-state index in [0.717, 1.165) is 19.6 Å². The lowest BCUT2D eigenvalue weighted by Crippen LogP contribution is -2.60. The number of likely N-dealkylation sites (tertiary alicyclic amines) is 2. The Morgan fingerprint density at radius 2 is 1.62 bits per heavy atom. The topological polar surface area (TPSA) is 26.7 Å². The van der Waals surface area contributed by atoms with Crippen molar-refractivity contribution in [1.29, 1.82) is 0 Å². The molecule has 2 heterocycles. The Kier molecular flexibility index (Phi) is 2.58. The van der Waals surface area contributed by atoms with E-state index in [2.05, 4.69) is 9.80 Å². The van der Waals surface area contributed by atoms with Crippen LogP contribution in [0, 0.1) is 0 Å². The molecule has 3 heteroatoms. The molecule has 0 radical (unpaired) electrons. The maximum absolute atomic E-state index is 9.52. The molecular weight excluding hydrogens is 164 g/mol. The predicted octanol–water partition coefficient (Wildman–Crippen LogP) is 0.149. The summed E-state index contributed by atoms with van der Waals surface area (Å²) in [4.78, 5) is 4.85. The zero-order chi connectivity index (χ0) is 9.31. The van der Waals surface area contributed by atoms with E-state index in [9.17, 15) is 5.11 Å². The van der Waals surface area contributed by atoms with E-state index in [1.165, 1.54) is 32.5 Å². The Balaban J connectivity index is 1.59. The summed E-state index contributed by atoms with van der Waals surface area (Å²) >= 11 is 0. The summed E-state index contributed by atoms with van der Waals surface area (Å²) in [6.07, 6.45) is 2.75. The minimum absolute atomic E-state index is 0.398. The maximum Gasteiger partial charge on any atom is 0.0872 e. The lowest BCUT2D eigenvalue weighted by molar-refractivity contribution is -0.0846. The molecule has 0 spiro atoms. The molecule has 2 rings (SSSR count). The van der Waals surface area contributed by atoms with Crippen molar-refractivity contribution in [3.05, 3.63) is 0 Å². The van der Waals surface area contributed by atoms with E-state index in [1.807, 2.05) is 6.92 Å². The Hall–Kier alpha value is -0.120. The molecule has 0 saturated carbocycles. The average molecular weight is 184 g/mol. The number of hydrogen-bond donors (Lipinski definition) is 1. The van der Waals surface area contributed by atoms with Crippen LogP contribution in [0.25, 0.3) is 0 Å². The van der Waals surface area contributed by atoms with Crippen LogP contribution in [0.1, 0.15) is 19.8 Å². The van der Waals surface area contributed by atoms with Crippen molar-refractivity contribution in [3.8, 4) is 0 Å². The summed E-state index contributed by atoms with van der Waals surface area (Å²) in [7, 11) is 0. The Morgan fingerprint density at radius 1 is 1.08 bits per heavy atom. The van der Waals surface area contributed by atoms with Crippen LogP contribution in [-0.2, 0) is 0 Å². The van der Waals surface area contributed by atoms with Gasteiger partial charge in [-0.3, -0.25) is 4.90 Å². The molecule has 3 nitrogen and oxygen atoms in total. The largest absolute Gasteiger partial charge is 0.388 e. The second-order valence-corrected chi connectivity index (χ2v) is 4.76. The lowest BCUT2D eigenvalue weighted by Gasteiger charge is -2.44. The average Bonchev–Trinajstić information content (AvgIpc) is 2.48. The summed E-state index contributed by atoms with van der Waals surface area (Å²) in [6, 6.07) is 0. The SMILES string of the molecule is CC1(O)CN(CCN2CCCC2)C1. The van der Waals surface area contributed by atoms with Crippen LogP contribution in [0.5, 0.6) is 0 Å². The minimum Gasteiger partial charge on any atom is -0.388 e. The molecule has 2 aliphatic heterocycles. The third-order valence-electron chi connectivity index (χ3n) is 3.06. The number of hydrogen-bond acceptors (Lipinski definition) is 3. The van der Waals surface area contributed by atoms with Gasteiger partial charge in [-0.15, -0.1) is 0 Å². The first kappa shape index (κ1) is 9.44. The lowest BCUT2D eigenvalue weighted by atomic mass is 9.97. The van der Waals surface area contributed by atoms with E-state index >= 15 is 0 Å². The van der Waals surface area contributed by atoms with Crippen molar-refractivity contribution in [3.63, 3.8) is 0 Å². The normalized spacial score (nSPS) is 29.1. The van der Waals surface area contributed by atoms with Gasteiger partial charge in [0.2, 0.25) is 0 Å². The van der Waals surface area contributed by atoms with Crippen LogP contribution >= 0.6 is 0 Å². The van der Waals surface area contributed by atoms with E-state index < -0.39 is 5.60 Å². The maximum atomic E-state index is 9.52. The molecule has 0 aliphatic carbocycles. The van der Waals surface area contributed by atoms with E-state index in [4.69, 9.17) is 0 Å². The summed E-state index contributed by atoms with van der Waals surface area (Å²) in [5.41, 5.74) is -0.398. The van der Waals surface area contributed by atoms with Crippen molar-refractivity contribution >= 4 is 0 Å². The summed E-state index contributed by atoms with van der Waals surface area (Å²) < 4.78 is 0. The van der Waals surface area contributed by atoms with Gasteiger partial charge >= 0.3 is 0 Å². The molecule has 1 N–H and O–H groups in total. The molecule has 2 saturated heterocycles. The molecule has 76 valence electrons. The van der Waals surface area contributed by atoms with Crippen molar-refractivity contribution in [2.45, 2.75) is 25.4 Å². The third kappa shape index (κ3) is 2.42. The highest BCUT2D eigenvalue weighted by Gasteiger charge is 2.35. The predicted molar refractivity (Wildman–Crippen MR) is 52.7 cm³/mol. The Morgan fingerprint density at radius 3 is 2.15 bits per heavy atom. The van der Waals surface area contributed by atoms with E-state index in [-0.39, 0.29) is 0 Å². The van der Waals surface area contributed by atoms with Crippen LogP contribution in [0.2, 0.25) is 0 Å². The number of aliphatic hydroxyl groups is 1. The zero-order valence-electron chi connectivity index (χ0n) is 8.50. The van der Waals surface area contributed by atoms with Crippen LogP contribution in [0.15, 0.2) is 0 Å². The second kappa shape index (κ2) is 3.56. The van der Waals surface area contributed by atoms with E-state index in [1.54, 1.807) is 0 Å². The van der Waals surface area contributed by atoms with Crippen molar-refractivity contribution < 1.29 is 5.11 Å². The number of nitrogens with zero attached hydrogens (tertiary/aromatic N) is 2. The van der Waals surface area contributed by atoms with Gasteiger partial charge in [-0.25, -0.2) is 0 Å². The van der Waals surface area contributed by atoms with Gasteiger partial charge in [-0.2, -0.15) is 0 Å². The van der Waals surface area contributed by atoms with Crippen LogP contribution in [0.4, 0.5) is 0 Å². The summed E-state index contributed by atoms with van der Waals surface area (Å²) in [6.45, 7) is 8.53. The summed E-state index contributed by atoms with van der Waals surface area (Å²) in [5.74, 6) is 0. The molecule has 2 fully saturated rings. The van der Waals surface area contributed by atoms with Gasteiger partial charge in [0.25, 0.3) is 0 Å². The Labute approximate surface area is 80.3 Å². The molecule has 0 atom stereocenters. The van der Waals surface area contributed by atoms with Gasteiger partial charge < -0.3 is 10.0 Å². The first-order valence-electron chi connectivity index (χ1n) is 5.33. The van der Waals surface area contributed by atoms with Crippen LogP contribution < -0.4 is 0 Å². The fourth-order valence-electron chi connectivity index (χ4n) is 2.36. The molecule has 0 unspecified atom stereocenters. The highest BCUT2D eigenvalue weighted by molar-refractivity contribution is 4.91. The first-order valence-corrected chi connectivity index (χ1v) is 5.33. The smallest absolute Gasteiger partial charge is 0.0872 e. The molecule has 0 aromatic rings. The van der Waals surface area contributed by atoms with Crippen LogP contribution in [0.3, 0.4) is 0 Å². The van der Waals surface area contributed by atoms with Crippen molar-refractivity contribution in [1.82, 2.24) is 9.80 Å². The van der Waals surface area contributed by atoms with E-state index in [0.29, 0.717) is 0 Å². The van der Waals surface area contributed by atoms with Gasteiger partial charge in [0.05, 0.1) is 5.60 Å². The fourth-order valence-corrected chi connectivity index (χ4v) is 2.36. The number of rotatable bonds is 3. The molecule has 0 aromatic carbocycles. The third-order valence-corrected chi connectivity index (χ3v) is 3.06. The highest BCUT2D eigenvalue weighted by Crippen LogP contribution is 2.19. The summed E-state index contributed by atoms with van der Waals surface area (Å²) in [5, 5.41) is 9.52. The molecular formula is C10H20N2O. The van der Waals surface area contributed by atoms with Gasteiger partial charge in [0, 0.05) is 26.2 Å². The molecule has 0 amide bonds. The first-order chi connectivity index (χ1) is 6.16. The van der Waals surface area contributed by atoms with Gasteiger partial charge in [0.15, 0.2) is 0 Å². The fraction of sp³-hybridized carbons (Fsp3) is 1.00. The Bertz CT molecular complexity index is 168. The van der Waals surface area contributed by atoms with Crippen LogP contribution in [-0.4, -0.2) is 59.8 Å². The molecule has 2 aliphatic rings. The minimum atomic E-state index is -0.398. The zero-order valence-corrected chi connectivity index (χ0v) is 8.50. The molecule has 13 heavy (non-hydrogen) atoms. The second-order valence-electron chi connectivity index (χ2n) is 4.76. The molecule has 0 bridgehead atoms. The monoisotopic (exact) mass is 184 g/mol. The molecule has 0 aromatic heterocycles. The van der Waals surface area contributed by atoms with Gasteiger partial charge in [-0.05, 0) is 32.9 Å². The van der Waals surface area contributed by atoms with Gasteiger partial charge in [-0.1, -0.05) is 0 Å². The van der Waals surface area contributed by atoms with Crippen molar-refractivity contribution in [2.24, 2.45) is 0 Å². The van der Waals surface area contributed by atoms with Crippen molar-refractivity contribution in [2.75, 3.05) is 39.3 Å². The quantitative estimate of drug-likeness (QED) is 0.676.